The Balaban J connectivity index is 1.34. The number of aromatic nitrogens is 2. The molecule has 1 unspecified atom stereocenters. The first-order valence-electron chi connectivity index (χ1n) is 9.00. The van der Waals surface area contributed by atoms with Gasteiger partial charge >= 0.3 is 0 Å². The molecule has 6 heteroatoms. The maximum Gasteiger partial charge on any atom is 0.194 e. The number of aliphatic imine (C=N–C) groups is 1. The van der Waals surface area contributed by atoms with Crippen LogP contribution in [-0.2, 0) is 13.1 Å². The summed E-state index contributed by atoms with van der Waals surface area (Å²) >= 11 is 5.98. The van der Waals surface area contributed by atoms with Crippen molar-refractivity contribution in [1.82, 2.24) is 20.0 Å². The number of nitrogens with one attached hydrogen (secondary N) is 1. The van der Waals surface area contributed by atoms with Gasteiger partial charge in [0.1, 0.15) is 0 Å². The molecule has 138 valence electrons. The number of halogens is 1. The van der Waals surface area contributed by atoms with E-state index in [-0.39, 0.29) is 6.04 Å². The van der Waals surface area contributed by atoms with Gasteiger partial charge in [0, 0.05) is 30.4 Å². The molecule has 3 aromatic rings. The Bertz CT molecular complexity index is 917. The second-order valence-electron chi connectivity index (χ2n) is 6.80. The first kappa shape index (κ1) is 17.6. The van der Waals surface area contributed by atoms with Crippen LogP contribution >= 0.6 is 11.6 Å². The fraction of sp³-hybridized carbons (Fsp3) is 0.238. The molecule has 0 saturated heterocycles. The Kier molecular flexibility index (Phi) is 5.12. The fourth-order valence-electron chi connectivity index (χ4n) is 3.23. The third kappa shape index (κ3) is 4.31. The second kappa shape index (κ2) is 7.84. The smallest absolute Gasteiger partial charge is 0.194 e. The molecule has 0 bridgehead atoms. The summed E-state index contributed by atoms with van der Waals surface area (Å²) in [6.07, 6.45) is 4.02. The van der Waals surface area contributed by atoms with Gasteiger partial charge in [-0.1, -0.05) is 54.1 Å². The quantitative estimate of drug-likeness (QED) is 0.734. The van der Waals surface area contributed by atoms with Crippen molar-refractivity contribution in [3.8, 4) is 0 Å². The number of benzene rings is 2. The largest absolute Gasteiger partial charge is 0.348 e. The van der Waals surface area contributed by atoms with Gasteiger partial charge in [-0.3, -0.25) is 9.67 Å². The highest BCUT2D eigenvalue weighted by atomic mass is 35.5. The van der Waals surface area contributed by atoms with Crippen LogP contribution in [-0.4, -0.2) is 34.2 Å². The van der Waals surface area contributed by atoms with Crippen LogP contribution in [0.15, 0.2) is 72.0 Å². The first-order chi connectivity index (χ1) is 13.2. The third-order valence-corrected chi connectivity index (χ3v) is 4.91. The van der Waals surface area contributed by atoms with Gasteiger partial charge < -0.3 is 10.2 Å². The average molecular weight is 380 g/mol. The highest BCUT2D eigenvalue weighted by molar-refractivity contribution is 6.30. The highest BCUT2D eigenvalue weighted by Crippen LogP contribution is 2.20. The molecule has 0 aliphatic carbocycles. The Hall–Kier alpha value is -2.79. The molecule has 1 atom stereocenters. The van der Waals surface area contributed by atoms with Crippen LogP contribution in [0.5, 0.6) is 0 Å². The van der Waals surface area contributed by atoms with E-state index in [0.29, 0.717) is 0 Å². The van der Waals surface area contributed by atoms with Crippen molar-refractivity contribution in [2.75, 3.05) is 13.6 Å². The Morgan fingerprint density at radius 2 is 1.89 bits per heavy atom. The lowest BCUT2D eigenvalue weighted by molar-refractivity contribution is 0.479. The maximum atomic E-state index is 5.98. The Morgan fingerprint density at radius 3 is 2.67 bits per heavy atom. The van der Waals surface area contributed by atoms with Crippen LogP contribution in [0.3, 0.4) is 0 Å². The summed E-state index contributed by atoms with van der Waals surface area (Å²) in [7, 11) is 2.05. The second-order valence-corrected chi connectivity index (χ2v) is 7.24. The van der Waals surface area contributed by atoms with E-state index in [2.05, 4.69) is 50.8 Å². The maximum absolute atomic E-state index is 5.98. The minimum Gasteiger partial charge on any atom is -0.348 e. The molecule has 1 aliphatic rings. The SMILES string of the molecule is CN(Cc1cnn(Cc2ccccc2)c1)C1=NCC(c2ccc(Cl)cc2)N1. The molecule has 1 N–H and O–H groups in total. The molecule has 4 rings (SSSR count). The molecule has 0 saturated carbocycles. The minimum absolute atomic E-state index is 0.195. The normalized spacial score (nSPS) is 16.1. The van der Waals surface area contributed by atoms with Gasteiger partial charge in [0.2, 0.25) is 0 Å². The van der Waals surface area contributed by atoms with Crippen LogP contribution in [0.2, 0.25) is 5.02 Å². The van der Waals surface area contributed by atoms with E-state index in [1.54, 1.807) is 0 Å². The molecule has 1 aliphatic heterocycles. The summed E-state index contributed by atoms with van der Waals surface area (Å²) in [6.45, 7) is 2.27. The van der Waals surface area contributed by atoms with Crippen molar-refractivity contribution in [2.45, 2.75) is 19.1 Å². The molecule has 5 nitrogen and oxygen atoms in total. The van der Waals surface area contributed by atoms with Crippen molar-refractivity contribution in [3.63, 3.8) is 0 Å². The predicted octanol–water partition coefficient (Wildman–Crippen LogP) is 3.72. The number of hydrogen-bond donors (Lipinski definition) is 1. The zero-order valence-electron chi connectivity index (χ0n) is 15.2. The van der Waals surface area contributed by atoms with E-state index >= 15 is 0 Å². The highest BCUT2D eigenvalue weighted by Gasteiger charge is 2.21. The molecule has 27 heavy (non-hydrogen) atoms. The summed E-state index contributed by atoms with van der Waals surface area (Å²) in [5.41, 5.74) is 3.60. The standard InChI is InChI=1S/C21H22ClN5/c1-26(21-23-12-20(25-21)18-7-9-19(22)10-8-18)13-17-11-24-27(15-17)14-16-5-3-2-4-6-16/h2-11,15,20H,12-14H2,1H3,(H,23,25). The number of nitrogens with zero attached hydrogens (tertiary/aromatic N) is 4. The minimum atomic E-state index is 0.195. The topological polar surface area (TPSA) is 45.5 Å². The predicted molar refractivity (Wildman–Crippen MR) is 109 cm³/mol. The van der Waals surface area contributed by atoms with Gasteiger partial charge in [0.05, 0.1) is 25.3 Å². The summed E-state index contributed by atoms with van der Waals surface area (Å²) < 4.78 is 1.97. The lowest BCUT2D eigenvalue weighted by atomic mass is 10.1. The third-order valence-electron chi connectivity index (χ3n) is 4.65. The molecule has 1 aromatic heterocycles. The van der Waals surface area contributed by atoms with Gasteiger partial charge in [0.15, 0.2) is 5.96 Å². The van der Waals surface area contributed by atoms with Crippen molar-refractivity contribution in [1.29, 1.82) is 0 Å². The van der Waals surface area contributed by atoms with Gasteiger partial charge in [-0.05, 0) is 23.3 Å². The van der Waals surface area contributed by atoms with Gasteiger partial charge in [-0.2, -0.15) is 5.10 Å². The summed E-state index contributed by atoms with van der Waals surface area (Å²) in [5.74, 6) is 0.908. The van der Waals surface area contributed by atoms with Gasteiger partial charge in [-0.15, -0.1) is 0 Å². The lowest BCUT2D eigenvalue weighted by Gasteiger charge is -2.20. The summed E-state index contributed by atoms with van der Waals surface area (Å²) in [5, 5.41) is 8.73. The molecule has 2 heterocycles. The molecular formula is C21H22ClN5. The molecule has 2 aromatic carbocycles. The van der Waals surface area contributed by atoms with Crippen LogP contribution in [0.4, 0.5) is 0 Å². The van der Waals surface area contributed by atoms with Crippen LogP contribution in [0.1, 0.15) is 22.7 Å². The molecule has 0 radical (unpaired) electrons. The molecule has 0 amide bonds. The van der Waals surface area contributed by atoms with E-state index < -0.39 is 0 Å². The van der Waals surface area contributed by atoms with Gasteiger partial charge in [-0.25, -0.2) is 0 Å². The fourth-order valence-corrected chi connectivity index (χ4v) is 3.36. The molecular weight excluding hydrogens is 358 g/mol. The van der Waals surface area contributed by atoms with Crippen molar-refractivity contribution in [2.24, 2.45) is 4.99 Å². The van der Waals surface area contributed by atoms with E-state index in [0.717, 1.165) is 36.2 Å². The average Bonchev–Trinajstić information content (AvgIpc) is 3.33. The summed E-state index contributed by atoms with van der Waals surface area (Å²) in [6, 6.07) is 18.5. The van der Waals surface area contributed by atoms with Crippen molar-refractivity contribution < 1.29 is 0 Å². The van der Waals surface area contributed by atoms with Crippen LogP contribution in [0.25, 0.3) is 0 Å². The van der Waals surface area contributed by atoms with Crippen LogP contribution < -0.4 is 5.32 Å². The monoisotopic (exact) mass is 379 g/mol. The first-order valence-corrected chi connectivity index (χ1v) is 9.38. The molecule has 0 spiro atoms. The Morgan fingerprint density at radius 1 is 1.11 bits per heavy atom. The van der Waals surface area contributed by atoms with E-state index in [9.17, 15) is 0 Å². The number of guanidine groups is 1. The van der Waals surface area contributed by atoms with Crippen molar-refractivity contribution >= 4 is 17.6 Å². The van der Waals surface area contributed by atoms with E-state index in [4.69, 9.17) is 11.6 Å². The van der Waals surface area contributed by atoms with Crippen LogP contribution in [0, 0.1) is 0 Å². The molecule has 0 fully saturated rings. The zero-order valence-corrected chi connectivity index (χ0v) is 16.0. The van der Waals surface area contributed by atoms with Crippen molar-refractivity contribution in [3.05, 3.63) is 88.7 Å². The number of hydrogen-bond acceptors (Lipinski definition) is 4. The van der Waals surface area contributed by atoms with Gasteiger partial charge in [0.25, 0.3) is 0 Å². The zero-order chi connectivity index (χ0) is 18.6. The summed E-state index contributed by atoms with van der Waals surface area (Å²) in [4.78, 5) is 6.78. The number of rotatable bonds is 5. The lowest BCUT2D eigenvalue weighted by Crippen LogP contribution is -2.36. The van der Waals surface area contributed by atoms with E-state index in [1.165, 1.54) is 11.1 Å². The Labute approximate surface area is 164 Å². The van der Waals surface area contributed by atoms with E-state index in [1.807, 2.05) is 48.3 Å².